The summed E-state index contributed by atoms with van der Waals surface area (Å²) in [5.41, 5.74) is 1.33. The van der Waals surface area contributed by atoms with Crippen LogP contribution in [0, 0.1) is 5.92 Å². The lowest BCUT2D eigenvalue weighted by atomic mass is 9.96. The summed E-state index contributed by atoms with van der Waals surface area (Å²) in [6.07, 6.45) is 3.69. The first-order valence-corrected chi connectivity index (χ1v) is 7.09. The van der Waals surface area contributed by atoms with E-state index in [1.54, 1.807) is 0 Å². The van der Waals surface area contributed by atoms with Crippen molar-refractivity contribution < 1.29 is 4.74 Å². The average Bonchev–Trinajstić information content (AvgIpc) is 2.46. The number of hydrogen-bond acceptors (Lipinski definition) is 3. The molecule has 0 amide bonds. The molecule has 2 aliphatic rings. The van der Waals surface area contributed by atoms with Crippen LogP contribution >= 0.6 is 12.4 Å². The number of nitrogens with one attached hydrogen (secondary N) is 2. The molecular weight excluding hydrogens is 260 g/mol. The zero-order valence-corrected chi connectivity index (χ0v) is 12.0. The summed E-state index contributed by atoms with van der Waals surface area (Å²) in [7, 11) is 0. The molecule has 4 heteroatoms. The Hall–Kier alpha value is -0.770. The maximum absolute atomic E-state index is 5.70. The van der Waals surface area contributed by atoms with Crippen molar-refractivity contribution in [2.45, 2.75) is 25.3 Å². The topological polar surface area (TPSA) is 33.3 Å². The first kappa shape index (κ1) is 14.6. The normalized spacial score (nSPS) is 23.1. The summed E-state index contributed by atoms with van der Waals surface area (Å²) in [5, 5.41) is 7.16. The Balaban J connectivity index is 0.00000133. The van der Waals surface area contributed by atoms with Crippen molar-refractivity contribution in [3.8, 4) is 5.75 Å². The van der Waals surface area contributed by atoms with Gasteiger partial charge in [-0.25, -0.2) is 0 Å². The summed E-state index contributed by atoms with van der Waals surface area (Å²) >= 11 is 0. The summed E-state index contributed by atoms with van der Waals surface area (Å²) in [6, 6.07) is 8.90. The van der Waals surface area contributed by atoms with Gasteiger partial charge in [0.15, 0.2) is 0 Å². The summed E-state index contributed by atoms with van der Waals surface area (Å²) in [5.74, 6) is 1.90. The van der Waals surface area contributed by atoms with Gasteiger partial charge in [0.1, 0.15) is 5.75 Å². The zero-order chi connectivity index (χ0) is 12.2. The lowest BCUT2D eigenvalue weighted by Gasteiger charge is -2.29. The van der Waals surface area contributed by atoms with Crippen LogP contribution in [-0.2, 0) is 0 Å². The van der Waals surface area contributed by atoms with Crippen LogP contribution in [0.15, 0.2) is 24.3 Å². The van der Waals surface area contributed by atoms with E-state index < -0.39 is 0 Å². The second kappa shape index (κ2) is 7.13. The second-order valence-corrected chi connectivity index (χ2v) is 5.33. The molecule has 0 aliphatic carbocycles. The van der Waals surface area contributed by atoms with Gasteiger partial charge in [0.2, 0.25) is 0 Å². The molecule has 0 aromatic heterocycles. The SMILES string of the molecule is Cl.c1ccc2c(c1)OCCC2NCC1CCNCC1. The van der Waals surface area contributed by atoms with Crippen LogP contribution in [0.5, 0.6) is 5.75 Å². The number of ether oxygens (including phenoxy) is 1. The zero-order valence-electron chi connectivity index (χ0n) is 11.2. The molecule has 3 nitrogen and oxygen atoms in total. The first-order valence-electron chi connectivity index (χ1n) is 7.09. The van der Waals surface area contributed by atoms with E-state index >= 15 is 0 Å². The Labute approximate surface area is 121 Å². The Morgan fingerprint density at radius 2 is 1.95 bits per heavy atom. The highest BCUT2D eigenvalue weighted by atomic mass is 35.5. The van der Waals surface area contributed by atoms with E-state index in [4.69, 9.17) is 4.74 Å². The third kappa shape index (κ3) is 3.62. The fourth-order valence-corrected chi connectivity index (χ4v) is 2.95. The van der Waals surface area contributed by atoms with Crippen LogP contribution in [0.1, 0.15) is 30.9 Å². The van der Waals surface area contributed by atoms with Gasteiger partial charge in [-0.3, -0.25) is 0 Å². The van der Waals surface area contributed by atoms with Crippen LogP contribution in [0.2, 0.25) is 0 Å². The third-order valence-corrected chi connectivity index (χ3v) is 4.07. The van der Waals surface area contributed by atoms with Gasteiger partial charge in [-0.15, -0.1) is 12.4 Å². The van der Waals surface area contributed by atoms with E-state index in [0.717, 1.165) is 31.2 Å². The van der Waals surface area contributed by atoms with Gasteiger partial charge in [-0.2, -0.15) is 0 Å². The Morgan fingerprint density at radius 3 is 2.79 bits per heavy atom. The minimum atomic E-state index is 0. The first-order chi connectivity index (χ1) is 8.93. The number of hydrogen-bond donors (Lipinski definition) is 2. The molecule has 1 atom stereocenters. The number of benzene rings is 1. The molecule has 2 N–H and O–H groups in total. The van der Waals surface area contributed by atoms with Gasteiger partial charge in [0.05, 0.1) is 6.61 Å². The number of halogens is 1. The molecule has 19 heavy (non-hydrogen) atoms. The molecule has 1 saturated heterocycles. The molecular formula is C15H23ClN2O. The van der Waals surface area contributed by atoms with Crippen LogP contribution < -0.4 is 15.4 Å². The highest BCUT2D eigenvalue weighted by molar-refractivity contribution is 5.85. The molecule has 0 saturated carbocycles. The van der Waals surface area contributed by atoms with Crippen molar-refractivity contribution in [1.82, 2.24) is 10.6 Å². The molecule has 3 rings (SSSR count). The van der Waals surface area contributed by atoms with Gasteiger partial charge >= 0.3 is 0 Å². The van der Waals surface area contributed by atoms with Crippen molar-refractivity contribution in [3.05, 3.63) is 29.8 Å². The predicted octanol–water partition coefficient (Wildman–Crippen LogP) is 2.52. The number of fused-ring (bicyclic) bond motifs is 1. The summed E-state index contributed by atoms with van der Waals surface area (Å²) in [4.78, 5) is 0. The largest absolute Gasteiger partial charge is 0.493 e. The van der Waals surface area contributed by atoms with E-state index in [9.17, 15) is 0 Å². The monoisotopic (exact) mass is 282 g/mol. The minimum absolute atomic E-state index is 0. The van der Waals surface area contributed by atoms with Crippen molar-refractivity contribution >= 4 is 12.4 Å². The number of rotatable bonds is 3. The summed E-state index contributed by atoms with van der Waals surface area (Å²) < 4.78 is 5.70. The average molecular weight is 283 g/mol. The predicted molar refractivity (Wildman–Crippen MR) is 80.1 cm³/mol. The molecule has 1 fully saturated rings. The Bertz CT molecular complexity index is 393. The van der Waals surface area contributed by atoms with E-state index in [1.807, 2.05) is 6.07 Å². The van der Waals surface area contributed by atoms with Crippen molar-refractivity contribution in [1.29, 1.82) is 0 Å². The standard InChI is InChI=1S/C15H22N2O.ClH/c1-2-4-15-13(3-1)14(7-10-18-15)17-11-12-5-8-16-9-6-12;/h1-4,12,14,16-17H,5-11H2;1H. The van der Waals surface area contributed by atoms with Crippen molar-refractivity contribution in [2.24, 2.45) is 5.92 Å². The highest BCUT2D eigenvalue weighted by Gasteiger charge is 2.22. The van der Waals surface area contributed by atoms with Gasteiger partial charge in [0, 0.05) is 18.0 Å². The molecule has 0 spiro atoms. The highest BCUT2D eigenvalue weighted by Crippen LogP contribution is 2.31. The van der Waals surface area contributed by atoms with Gasteiger partial charge in [-0.1, -0.05) is 18.2 Å². The fraction of sp³-hybridized carbons (Fsp3) is 0.600. The van der Waals surface area contributed by atoms with E-state index in [-0.39, 0.29) is 12.4 Å². The summed E-state index contributed by atoms with van der Waals surface area (Å²) in [6.45, 7) is 4.33. The second-order valence-electron chi connectivity index (χ2n) is 5.33. The molecule has 1 aromatic rings. The third-order valence-electron chi connectivity index (χ3n) is 4.07. The maximum Gasteiger partial charge on any atom is 0.124 e. The van der Waals surface area contributed by atoms with E-state index in [2.05, 4.69) is 28.8 Å². The van der Waals surface area contributed by atoms with E-state index in [0.29, 0.717) is 6.04 Å². The lowest BCUT2D eigenvalue weighted by Crippen LogP contribution is -2.36. The number of para-hydroxylation sites is 1. The quantitative estimate of drug-likeness (QED) is 0.894. The minimum Gasteiger partial charge on any atom is -0.493 e. The molecule has 2 heterocycles. The smallest absolute Gasteiger partial charge is 0.124 e. The van der Waals surface area contributed by atoms with Crippen LogP contribution in [0.25, 0.3) is 0 Å². The van der Waals surface area contributed by atoms with Crippen LogP contribution in [0.3, 0.4) is 0 Å². The maximum atomic E-state index is 5.70. The van der Waals surface area contributed by atoms with Crippen molar-refractivity contribution in [2.75, 3.05) is 26.2 Å². The Morgan fingerprint density at radius 1 is 1.16 bits per heavy atom. The molecule has 1 unspecified atom stereocenters. The molecule has 2 aliphatic heterocycles. The molecule has 106 valence electrons. The van der Waals surface area contributed by atoms with Gasteiger partial charge < -0.3 is 15.4 Å². The number of piperidine rings is 1. The fourth-order valence-electron chi connectivity index (χ4n) is 2.95. The Kier molecular flexibility index (Phi) is 5.49. The van der Waals surface area contributed by atoms with Crippen molar-refractivity contribution in [3.63, 3.8) is 0 Å². The van der Waals surface area contributed by atoms with Gasteiger partial charge in [0.25, 0.3) is 0 Å². The van der Waals surface area contributed by atoms with E-state index in [1.165, 1.54) is 31.5 Å². The van der Waals surface area contributed by atoms with Gasteiger partial charge in [-0.05, 0) is 44.5 Å². The molecule has 0 radical (unpaired) electrons. The van der Waals surface area contributed by atoms with Crippen LogP contribution in [-0.4, -0.2) is 26.2 Å². The van der Waals surface area contributed by atoms with Crippen LogP contribution in [0.4, 0.5) is 0 Å². The molecule has 1 aromatic carbocycles. The lowest BCUT2D eigenvalue weighted by molar-refractivity contribution is 0.243. The molecule has 0 bridgehead atoms.